The second-order valence-corrected chi connectivity index (χ2v) is 5.82. The second kappa shape index (κ2) is 5.06. The summed E-state index contributed by atoms with van der Waals surface area (Å²) in [5.74, 6) is 1.84. The number of ether oxygens (including phenoxy) is 1. The zero-order valence-electron chi connectivity index (χ0n) is 13.1. The monoisotopic (exact) mass is 303 g/mol. The lowest BCUT2D eigenvalue weighted by atomic mass is 10.1. The highest BCUT2D eigenvalue weighted by Crippen LogP contribution is 2.52. The molecule has 3 heteroatoms. The number of fused-ring (bicyclic) bond motifs is 2. The van der Waals surface area contributed by atoms with Crippen LogP contribution in [0.15, 0.2) is 60.7 Å². The molecule has 0 radical (unpaired) electrons. The summed E-state index contributed by atoms with van der Waals surface area (Å²) in [6, 6.07) is 19.6. The third kappa shape index (κ3) is 2.13. The molecule has 0 atom stereocenters. The van der Waals surface area contributed by atoms with Crippen LogP contribution in [0.4, 0.5) is 17.1 Å². The number of phenolic OH excluding ortho intramolecular Hbond substituents is 1. The van der Waals surface area contributed by atoms with Crippen LogP contribution in [0.3, 0.4) is 0 Å². The van der Waals surface area contributed by atoms with E-state index in [0.717, 1.165) is 39.7 Å². The minimum Gasteiger partial charge on any atom is -0.506 e. The standard InChI is InChI=1S/C20H17NO2/c1-13-11-14(2)20(17(22)12-13)21-15-7-3-5-9-18(15)23-19-10-6-4-8-16(19)21/h3-12,22H,1-2H3. The number of para-hydroxylation sites is 4. The normalized spacial score (nSPS) is 12.3. The van der Waals surface area contributed by atoms with Gasteiger partial charge in [0.25, 0.3) is 0 Å². The number of anilines is 3. The molecular formula is C20H17NO2. The van der Waals surface area contributed by atoms with Gasteiger partial charge >= 0.3 is 0 Å². The molecule has 0 bridgehead atoms. The topological polar surface area (TPSA) is 32.7 Å². The van der Waals surface area contributed by atoms with E-state index >= 15 is 0 Å². The smallest absolute Gasteiger partial charge is 0.151 e. The van der Waals surface area contributed by atoms with Gasteiger partial charge in [0.05, 0.1) is 17.1 Å². The summed E-state index contributed by atoms with van der Waals surface area (Å²) in [6.07, 6.45) is 0. The van der Waals surface area contributed by atoms with Crippen LogP contribution in [0.1, 0.15) is 11.1 Å². The van der Waals surface area contributed by atoms with Gasteiger partial charge in [0.1, 0.15) is 5.75 Å². The summed E-state index contributed by atoms with van der Waals surface area (Å²) in [6.45, 7) is 4.00. The summed E-state index contributed by atoms with van der Waals surface area (Å²) >= 11 is 0. The summed E-state index contributed by atoms with van der Waals surface area (Å²) in [5.41, 5.74) is 4.70. The van der Waals surface area contributed by atoms with E-state index in [4.69, 9.17) is 4.74 Å². The fraction of sp³-hybridized carbons (Fsp3) is 0.100. The SMILES string of the molecule is Cc1cc(C)c(N2c3ccccc3Oc3ccccc32)c(O)c1. The maximum absolute atomic E-state index is 10.6. The largest absolute Gasteiger partial charge is 0.506 e. The first-order valence-corrected chi connectivity index (χ1v) is 7.61. The molecule has 0 saturated heterocycles. The summed E-state index contributed by atoms with van der Waals surface area (Å²) in [4.78, 5) is 2.07. The molecule has 0 fully saturated rings. The number of hydrogen-bond acceptors (Lipinski definition) is 3. The van der Waals surface area contributed by atoms with Crippen LogP contribution in [-0.2, 0) is 0 Å². The summed E-state index contributed by atoms with van der Waals surface area (Å²) < 4.78 is 6.01. The van der Waals surface area contributed by atoms with Crippen LogP contribution >= 0.6 is 0 Å². The van der Waals surface area contributed by atoms with Crippen LogP contribution < -0.4 is 9.64 Å². The zero-order valence-corrected chi connectivity index (χ0v) is 13.1. The van der Waals surface area contributed by atoms with Crippen LogP contribution in [0.2, 0.25) is 0 Å². The minimum atomic E-state index is 0.272. The molecule has 1 aliphatic heterocycles. The van der Waals surface area contributed by atoms with Crippen molar-refractivity contribution in [2.45, 2.75) is 13.8 Å². The van der Waals surface area contributed by atoms with Gasteiger partial charge in [0, 0.05) is 0 Å². The van der Waals surface area contributed by atoms with E-state index in [1.807, 2.05) is 62.4 Å². The molecule has 0 aromatic heterocycles. The highest BCUT2D eigenvalue weighted by Gasteiger charge is 2.28. The molecular weight excluding hydrogens is 286 g/mol. The Balaban J connectivity index is 2.02. The fourth-order valence-electron chi connectivity index (χ4n) is 3.17. The molecule has 4 rings (SSSR count). The minimum absolute atomic E-state index is 0.272. The number of rotatable bonds is 1. The molecule has 1 aliphatic rings. The zero-order chi connectivity index (χ0) is 16.0. The lowest BCUT2D eigenvalue weighted by Gasteiger charge is -2.34. The Morgan fingerprint density at radius 2 is 1.39 bits per heavy atom. The van der Waals surface area contributed by atoms with Crippen molar-refractivity contribution in [1.82, 2.24) is 0 Å². The van der Waals surface area contributed by atoms with E-state index in [-0.39, 0.29) is 5.75 Å². The van der Waals surface area contributed by atoms with E-state index in [9.17, 15) is 5.11 Å². The lowest BCUT2D eigenvalue weighted by molar-refractivity contribution is 0.468. The third-order valence-electron chi connectivity index (χ3n) is 4.08. The molecule has 0 saturated carbocycles. The Morgan fingerprint density at radius 1 is 0.826 bits per heavy atom. The van der Waals surface area contributed by atoms with Crippen LogP contribution in [0.5, 0.6) is 17.2 Å². The van der Waals surface area contributed by atoms with Gasteiger partial charge in [-0.15, -0.1) is 0 Å². The van der Waals surface area contributed by atoms with Gasteiger partial charge < -0.3 is 9.84 Å². The van der Waals surface area contributed by atoms with Crippen LogP contribution in [0.25, 0.3) is 0 Å². The lowest BCUT2D eigenvalue weighted by Crippen LogP contribution is -2.16. The van der Waals surface area contributed by atoms with Crippen molar-refractivity contribution >= 4 is 17.1 Å². The number of phenols is 1. The Morgan fingerprint density at radius 3 is 1.96 bits per heavy atom. The Labute approximate surface area is 135 Å². The summed E-state index contributed by atoms with van der Waals surface area (Å²) in [7, 11) is 0. The maximum Gasteiger partial charge on any atom is 0.151 e. The van der Waals surface area contributed by atoms with E-state index in [1.165, 1.54) is 0 Å². The molecule has 114 valence electrons. The number of aryl methyl sites for hydroxylation is 2. The fourth-order valence-corrected chi connectivity index (χ4v) is 3.17. The average molecular weight is 303 g/mol. The van der Waals surface area contributed by atoms with Crippen molar-refractivity contribution < 1.29 is 9.84 Å². The van der Waals surface area contributed by atoms with E-state index in [1.54, 1.807) is 6.07 Å². The highest BCUT2D eigenvalue weighted by atomic mass is 16.5. The molecule has 0 spiro atoms. The van der Waals surface area contributed by atoms with E-state index < -0.39 is 0 Å². The van der Waals surface area contributed by atoms with Gasteiger partial charge in [-0.3, -0.25) is 4.90 Å². The first-order valence-electron chi connectivity index (χ1n) is 7.61. The van der Waals surface area contributed by atoms with Crippen molar-refractivity contribution in [3.8, 4) is 17.2 Å². The molecule has 3 nitrogen and oxygen atoms in total. The number of aromatic hydroxyl groups is 1. The molecule has 0 amide bonds. The number of hydrogen-bond donors (Lipinski definition) is 1. The second-order valence-electron chi connectivity index (χ2n) is 5.82. The first kappa shape index (κ1) is 13.7. The molecule has 3 aromatic rings. The van der Waals surface area contributed by atoms with Gasteiger partial charge in [0.2, 0.25) is 0 Å². The number of nitrogens with zero attached hydrogens (tertiary/aromatic N) is 1. The average Bonchev–Trinajstić information content (AvgIpc) is 2.53. The Bertz CT molecular complexity index is 833. The number of benzene rings is 3. The molecule has 1 heterocycles. The van der Waals surface area contributed by atoms with Crippen molar-refractivity contribution in [3.05, 3.63) is 71.8 Å². The van der Waals surface area contributed by atoms with Crippen molar-refractivity contribution in [2.75, 3.05) is 4.90 Å². The van der Waals surface area contributed by atoms with Gasteiger partial charge in [-0.25, -0.2) is 0 Å². The van der Waals surface area contributed by atoms with Gasteiger partial charge in [-0.2, -0.15) is 0 Å². The van der Waals surface area contributed by atoms with Crippen molar-refractivity contribution in [2.24, 2.45) is 0 Å². The van der Waals surface area contributed by atoms with Crippen molar-refractivity contribution in [3.63, 3.8) is 0 Å². The molecule has 0 unspecified atom stereocenters. The molecule has 0 aliphatic carbocycles. The molecule has 3 aromatic carbocycles. The highest BCUT2D eigenvalue weighted by molar-refractivity contribution is 5.89. The van der Waals surface area contributed by atoms with Gasteiger partial charge in [-0.05, 0) is 55.3 Å². The molecule has 1 N–H and O–H groups in total. The maximum atomic E-state index is 10.6. The summed E-state index contributed by atoms with van der Waals surface area (Å²) in [5, 5.41) is 10.6. The van der Waals surface area contributed by atoms with Gasteiger partial charge in [0.15, 0.2) is 11.5 Å². The van der Waals surface area contributed by atoms with Crippen LogP contribution in [0, 0.1) is 13.8 Å². The van der Waals surface area contributed by atoms with Crippen molar-refractivity contribution in [1.29, 1.82) is 0 Å². The molecule has 23 heavy (non-hydrogen) atoms. The Hall–Kier alpha value is -2.94. The van der Waals surface area contributed by atoms with Crippen LogP contribution in [-0.4, -0.2) is 5.11 Å². The predicted molar refractivity (Wildman–Crippen MR) is 92.3 cm³/mol. The predicted octanol–water partition coefficient (Wildman–Crippen LogP) is 5.58. The van der Waals surface area contributed by atoms with Gasteiger partial charge in [-0.1, -0.05) is 30.3 Å². The quantitative estimate of drug-likeness (QED) is 0.498. The third-order valence-corrected chi connectivity index (χ3v) is 4.08. The Kier molecular flexibility index (Phi) is 3.01. The first-order chi connectivity index (χ1) is 11.1. The van der Waals surface area contributed by atoms with E-state index in [0.29, 0.717) is 0 Å². The van der Waals surface area contributed by atoms with E-state index in [2.05, 4.69) is 11.0 Å².